The average Bonchev–Trinajstić information content (AvgIpc) is 3.00. The minimum atomic E-state index is -3.38. The quantitative estimate of drug-likeness (QED) is 0.898. The summed E-state index contributed by atoms with van der Waals surface area (Å²) in [6.07, 6.45) is 7.25. The molecule has 0 spiro atoms. The van der Waals surface area contributed by atoms with Crippen LogP contribution in [0.15, 0.2) is 29.2 Å². The molecule has 0 aromatic heterocycles. The summed E-state index contributed by atoms with van der Waals surface area (Å²) < 4.78 is 27.5. The SMILES string of the molecule is O=S(=O)(N[C@H]1CCNC1)c1ccc(C2CCCCC2)cc1. The predicted molar refractivity (Wildman–Crippen MR) is 83.9 cm³/mol. The van der Waals surface area contributed by atoms with Crippen molar-refractivity contribution < 1.29 is 8.42 Å². The Morgan fingerprint density at radius 2 is 1.71 bits per heavy atom. The predicted octanol–water partition coefficient (Wildman–Crippen LogP) is 2.37. The van der Waals surface area contributed by atoms with Crippen LogP contribution < -0.4 is 10.0 Å². The van der Waals surface area contributed by atoms with Gasteiger partial charge >= 0.3 is 0 Å². The van der Waals surface area contributed by atoms with Crippen molar-refractivity contribution in [3.8, 4) is 0 Å². The Labute approximate surface area is 127 Å². The van der Waals surface area contributed by atoms with Gasteiger partial charge in [-0.15, -0.1) is 0 Å². The number of benzene rings is 1. The van der Waals surface area contributed by atoms with Crippen LogP contribution in [0.25, 0.3) is 0 Å². The van der Waals surface area contributed by atoms with Crippen LogP contribution in [0.2, 0.25) is 0 Å². The summed E-state index contributed by atoms with van der Waals surface area (Å²) in [5, 5.41) is 3.17. The van der Waals surface area contributed by atoms with E-state index in [0.717, 1.165) is 19.5 Å². The van der Waals surface area contributed by atoms with E-state index in [1.165, 1.54) is 37.7 Å². The fraction of sp³-hybridized carbons (Fsp3) is 0.625. The van der Waals surface area contributed by atoms with Gasteiger partial charge in [-0.25, -0.2) is 13.1 Å². The van der Waals surface area contributed by atoms with E-state index in [9.17, 15) is 8.42 Å². The van der Waals surface area contributed by atoms with Gasteiger partial charge in [0.1, 0.15) is 0 Å². The Morgan fingerprint density at radius 1 is 1.00 bits per heavy atom. The minimum Gasteiger partial charge on any atom is -0.315 e. The van der Waals surface area contributed by atoms with E-state index in [1.54, 1.807) is 12.1 Å². The third kappa shape index (κ3) is 3.65. The zero-order valence-electron chi connectivity index (χ0n) is 12.3. The highest BCUT2D eigenvalue weighted by atomic mass is 32.2. The lowest BCUT2D eigenvalue weighted by molar-refractivity contribution is 0.443. The van der Waals surface area contributed by atoms with Gasteiger partial charge < -0.3 is 5.32 Å². The molecule has 1 saturated heterocycles. The van der Waals surface area contributed by atoms with Crippen molar-refractivity contribution in [3.05, 3.63) is 29.8 Å². The lowest BCUT2D eigenvalue weighted by Gasteiger charge is -2.22. The summed E-state index contributed by atoms with van der Waals surface area (Å²) >= 11 is 0. The molecule has 0 bridgehead atoms. The number of sulfonamides is 1. The van der Waals surface area contributed by atoms with Crippen molar-refractivity contribution in [2.45, 2.75) is 55.4 Å². The summed E-state index contributed by atoms with van der Waals surface area (Å²) in [4.78, 5) is 0.383. The van der Waals surface area contributed by atoms with Gasteiger partial charge in [-0.3, -0.25) is 0 Å². The Morgan fingerprint density at radius 3 is 2.33 bits per heavy atom. The normalized spacial score (nSPS) is 24.3. The van der Waals surface area contributed by atoms with Gasteiger partial charge in [0.05, 0.1) is 4.90 Å². The molecule has 2 N–H and O–H groups in total. The first kappa shape index (κ1) is 15.0. The topological polar surface area (TPSA) is 58.2 Å². The lowest BCUT2D eigenvalue weighted by Crippen LogP contribution is -2.36. The van der Waals surface area contributed by atoms with Crippen molar-refractivity contribution in [2.24, 2.45) is 0 Å². The van der Waals surface area contributed by atoms with Crippen molar-refractivity contribution in [1.29, 1.82) is 0 Å². The molecular weight excluding hydrogens is 284 g/mol. The Hall–Kier alpha value is -0.910. The molecule has 1 aliphatic carbocycles. The molecule has 1 heterocycles. The van der Waals surface area contributed by atoms with Crippen LogP contribution in [0.4, 0.5) is 0 Å². The summed E-state index contributed by atoms with van der Waals surface area (Å²) in [5.41, 5.74) is 1.29. The second kappa shape index (κ2) is 6.46. The number of rotatable bonds is 4. The highest BCUT2D eigenvalue weighted by Gasteiger charge is 2.23. The molecule has 3 rings (SSSR count). The molecular formula is C16H24N2O2S. The molecule has 116 valence electrons. The van der Waals surface area contributed by atoms with Gasteiger partial charge in [0.2, 0.25) is 10.0 Å². The van der Waals surface area contributed by atoms with E-state index in [1.807, 2.05) is 12.1 Å². The first-order valence-corrected chi connectivity index (χ1v) is 9.46. The first-order chi connectivity index (χ1) is 10.1. The molecule has 1 saturated carbocycles. The molecule has 0 radical (unpaired) electrons. The van der Waals surface area contributed by atoms with Gasteiger partial charge in [-0.05, 0) is 49.4 Å². The zero-order valence-corrected chi connectivity index (χ0v) is 13.2. The zero-order chi connectivity index (χ0) is 14.7. The highest BCUT2D eigenvalue weighted by Crippen LogP contribution is 2.32. The average molecular weight is 308 g/mol. The van der Waals surface area contributed by atoms with Crippen LogP contribution in [0.3, 0.4) is 0 Å². The Kier molecular flexibility index (Phi) is 4.62. The fourth-order valence-electron chi connectivity index (χ4n) is 3.40. The molecule has 2 aliphatic rings. The third-order valence-electron chi connectivity index (χ3n) is 4.65. The molecule has 0 unspecified atom stereocenters. The van der Waals surface area contributed by atoms with Crippen LogP contribution in [-0.2, 0) is 10.0 Å². The third-order valence-corrected chi connectivity index (χ3v) is 6.19. The van der Waals surface area contributed by atoms with Gasteiger partial charge in [0.25, 0.3) is 0 Å². The van der Waals surface area contributed by atoms with E-state index >= 15 is 0 Å². The van der Waals surface area contributed by atoms with Crippen LogP contribution in [-0.4, -0.2) is 27.5 Å². The van der Waals surface area contributed by atoms with Crippen molar-refractivity contribution in [3.63, 3.8) is 0 Å². The van der Waals surface area contributed by atoms with Crippen molar-refractivity contribution in [2.75, 3.05) is 13.1 Å². The van der Waals surface area contributed by atoms with Crippen LogP contribution in [0, 0.1) is 0 Å². The second-order valence-corrected chi connectivity index (χ2v) is 7.93. The summed E-state index contributed by atoms with van der Waals surface area (Å²) in [6, 6.07) is 7.53. The van der Waals surface area contributed by atoms with Crippen LogP contribution >= 0.6 is 0 Å². The fourth-order valence-corrected chi connectivity index (χ4v) is 4.67. The largest absolute Gasteiger partial charge is 0.315 e. The highest BCUT2D eigenvalue weighted by molar-refractivity contribution is 7.89. The van der Waals surface area contributed by atoms with Gasteiger partial charge in [0, 0.05) is 12.6 Å². The molecule has 1 atom stereocenters. The molecule has 1 aromatic rings. The van der Waals surface area contributed by atoms with Crippen LogP contribution in [0.5, 0.6) is 0 Å². The maximum atomic E-state index is 12.3. The van der Waals surface area contributed by atoms with Crippen molar-refractivity contribution in [1.82, 2.24) is 10.0 Å². The van der Waals surface area contributed by atoms with Gasteiger partial charge in [-0.1, -0.05) is 31.4 Å². The Bertz CT molecular complexity index is 556. The lowest BCUT2D eigenvalue weighted by atomic mass is 9.84. The van der Waals surface area contributed by atoms with Crippen molar-refractivity contribution >= 4 is 10.0 Å². The van der Waals surface area contributed by atoms with E-state index in [2.05, 4.69) is 10.0 Å². The molecule has 4 nitrogen and oxygen atoms in total. The summed E-state index contributed by atoms with van der Waals surface area (Å²) in [5.74, 6) is 0.613. The molecule has 5 heteroatoms. The number of nitrogens with one attached hydrogen (secondary N) is 2. The maximum absolute atomic E-state index is 12.3. The maximum Gasteiger partial charge on any atom is 0.240 e. The number of hydrogen-bond acceptors (Lipinski definition) is 3. The minimum absolute atomic E-state index is 0.0213. The van der Waals surface area contributed by atoms with E-state index in [0.29, 0.717) is 10.8 Å². The Balaban J connectivity index is 1.70. The summed E-state index contributed by atoms with van der Waals surface area (Å²) in [6.45, 7) is 1.60. The molecule has 1 aliphatic heterocycles. The van der Waals surface area contributed by atoms with E-state index in [-0.39, 0.29) is 6.04 Å². The van der Waals surface area contributed by atoms with Crippen LogP contribution in [0.1, 0.15) is 50.0 Å². The first-order valence-electron chi connectivity index (χ1n) is 7.98. The second-order valence-electron chi connectivity index (χ2n) is 6.21. The summed E-state index contributed by atoms with van der Waals surface area (Å²) in [7, 11) is -3.38. The standard InChI is InChI=1S/C16H24N2O2S/c19-21(20,18-15-10-11-17-12-15)16-8-6-14(7-9-16)13-4-2-1-3-5-13/h6-9,13,15,17-18H,1-5,10-12H2/t15-/m0/s1. The molecule has 0 amide bonds. The van der Waals surface area contributed by atoms with Gasteiger partial charge in [0.15, 0.2) is 0 Å². The molecule has 2 fully saturated rings. The van der Waals surface area contributed by atoms with E-state index in [4.69, 9.17) is 0 Å². The smallest absolute Gasteiger partial charge is 0.240 e. The van der Waals surface area contributed by atoms with E-state index < -0.39 is 10.0 Å². The number of hydrogen-bond donors (Lipinski definition) is 2. The molecule has 21 heavy (non-hydrogen) atoms. The van der Waals surface area contributed by atoms with Gasteiger partial charge in [-0.2, -0.15) is 0 Å². The molecule has 1 aromatic carbocycles. The monoisotopic (exact) mass is 308 g/mol.